The molecule has 0 aliphatic heterocycles. The average molecular weight is 1720 g/mol. The number of allylic oxidation sites excluding steroid dienone is 2. The number of hydrogen-bond donors (Lipinski definition) is 3. The molecule has 0 saturated heterocycles. The topological polar surface area (TPSA) is 227 Å². The number of rotatable bonds is 21. The minimum Gasteiger partial charge on any atom is -1.00 e. The molecule has 0 atom stereocenters. The number of sulfone groups is 2. The van der Waals surface area contributed by atoms with Crippen molar-refractivity contribution in [3.05, 3.63) is 227 Å². The van der Waals surface area contributed by atoms with E-state index in [-0.39, 0.29) is 63.8 Å². The van der Waals surface area contributed by atoms with Gasteiger partial charge in [0.2, 0.25) is 0 Å². The van der Waals surface area contributed by atoms with Crippen LogP contribution in [0, 0.1) is 31.1 Å². The number of aromatic nitrogens is 8. The van der Waals surface area contributed by atoms with Crippen molar-refractivity contribution in [1.82, 2.24) is 39.1 Å². The number of halogens is 4. The predicted octanol–water partition coefficient (Wildman–Crippen LogP) is 14.5. The molecule has 10 aromatic rings. The molecule has 25 heteroatoms. The monoisotopic (exact) mass is 1720 g/mol. The van der Waals surface area contributed by atoms with E-state index in [0.29, 0.717) is 46.6 Å². The van der Waals surface area contributed by atoms with Crippen LogP contribution in [0.3, 0.4) is 0 Å². The Balaban J connectivity index is 0.000000341. The molecule has 6 aromatic carbocycles. The third-order valence-corrected chi connectivity index (χ3v) is 18.8. The zero-order chi connectivity index (χ0) is 74.8. The van der Waals surface area contributed by atoms with E-state index in [9.17, 15) is 26.7 Å². The first-order valence-electron chi connectivity index (χ1n) is 33.2. The van der Waals surface area contributed by atoms with Crippen LogP contribution in [0.4, 0.5) is 0 Å². The van der Waals surface area contributed by atoms with Crippen LogP contribution in [-0.2, 0) is 56.2 Å². The first kappa shape index (κ1) is 91.9. The summed E-state index contributed by atoms with van der Waals surface area (Å²) >= 11 is 10.3. The zero-order valence-corrected chi connectivity index (χ0v) is 71.8. The van der Waals surface area contributed by atoms with Gasteiger partial charge in [-0.15, -0.1) is 0 Å². The smallest absolute Gasteiger partial charge is 1.00 e. The number of aliphatic hydroxyl groups is 1. The quantitative estimate of drug-likeness (QED) is 0.0346. The maximum atomic E-state index is 11.9. The average Bonchev–Trinajstić information content (AvgIpc) is 1.70. The maximum absolute atomic E-state index is 11.9. The normalized spacial score (nSPS) is 11.1. The number of carbonyl (C=O) groups excluding carboxylic acids is 1. The van der Waals surface area contributed by atoms with Crippen LogP contribution in [0.2, 0.25) is 0 Å². The fourth-order valence-corrected chi connectivity index (χ4v) is 12.2. The number of esters is 1. The first-order chi connectivity index (χ1) is 47.3. The Morgan fingerprint density at radius 2 is 0.798 bits per heavy atom. The van der Waals surface area contributed by atoms with E-state index in [1.807, 2.05) is 88.6 Å². The Labute approximate surface area is 669 Å². The molecular formula is C79H97BBr4MgN8O9S2. The van der Waals surface area contributed by atoms with E-state index in [1.165, 1.54) is 36.1 Å². The van der Waals surface area contributed by atoms with Gasteiger partial charge in [-0.1, -0.05) is 201 Å². The van der Waals surface area contributed by atoms with E-state index in [4.69, 9.17) is 19.9 Å². The third kappa shape index (κ3) is 28.1. The molecule has 3 N–H and O–H groups in total. The van der Waals surface area contributed by atoms with Crippen LogP contribution >= 0.6 is 47.8 Å². The summed E-state index contributed by atoms with van der Waals surface area (Å²) in [5.41, 5.74) is 14.6. The fourth-order valence-electron chi connectivity index (χ4n) is 10.1. The van der Waals surface area contributed by atoms with Gasteiger partial charge >= 0.3 is 36.1 Å². The Morgan fingerprint density at radius 3 is 1.12 bits per heavy atom. The van der Waals surface area contributed by atoms with Crippen LogP contribution in [0.1, 0.15) is 118 Å². The van der Waals surface area contributed by atoms with E-state index >= 15 is 0 Å². The molecular weight excluding hydrogens is 1620 g/mol. The van der Waals surface area contributed by atoms with Gasteiger partial charge in [-0.05, 0) is 193 Å². The molecule has 17 nitrogen and oxygen atoms in total. The summed E-state index contributed by atoms with van der Waals surface area (Å²) in [6.07, 6.45) is 2.29. The first-order valence-corrected chi connectivity index (χ1v) is 39.4. The molecule has 10 rings (SSSR count). The molecule has 552 valence electrons. The standard InChI is InChI=1S/C23H26N2O2S.C16H19BrN2O2.C16H21BrN2O.C16H19BrN2.C7H9BO4S.CH3.BrH.Mg/c1-16(2)15-25-23(14-22(24-25)17(3)4)19-11-9-18(10-12-19)20-7-6-8-21(13-20)28(5,26)27;1-4-21-16(20)14-9-15(19(18-14)10-11(2)3)12-5-7-13(17)8-6-12;1-11(2)10-19-14(9-15(18-19)16(3,4)20)12-5-7-13(17)8-6-12;1-11(2)10-19-16(9-15(18-19)12(3)4)13-5-7-14(17)8-6-13;1-13(11,12)7-4-2-3-6(5-7)8(9)10;;;/h6-14,16H,3,15H2,1-2,4-5H3;5-9,11H,4,10H2,1-3H3;5-9,11,20H,10H2,1-4H3;5-9,11H,3,10H2,1-2,4H3;2-5,9-10H,1H3;1H3;1H;/q;;;;;-1;;+2/p-1. The van der Waals surface area contributed by atoms with Crippen molar-refractivity contribution < 1.29 is 58.5 Å². The van der Waals surface area contributed by atoms with Crippen LogP contribution in [0.15, 0.2) is 206 Å². The van der Waals surface area contributed by atoms with Gasteiger partial charge in [0, 0.05) is 52.1 Å². The molecule has 0 aliphatic rings. The van der Waals surface area contributed by atoms with Crippen molar-refractivity contribution in [2.75, 3.05) is 19.1 Å². The van der Waals surface area contributed by atoms with E-state index in [2.05, 4.69) is 197 Å². The van der Waals surface area contributed by atoms with Crippen LogP contribution in [0.25, 0.3) is 67.3 Å². The van der Waals surface area contributed by atoms with Crippen molar-refractivity contribution >= 4 is 120 Å². The van der Waals surface area contributed by atoms with Crippen molar-refractivity contribution in [2.45, 2.75) is 132 Å². The largest absolute Gasteiger partial charge is 2.00 e. The molecule has 4 heterocycles. The Bertz CT molecular complexity index is 4650. The molecule has 0 unspecified atom stereocenters. The number of hydrogen-bond acceptors (Lipinski definition) is 13. The van der Waals surface area contributed by atoms with Crippen LogP contribution < -0.4 is 22.4 Å². The third-order valence-electron chi connectivity index (χ3n) is 15.0. The van der Waals surface area contributed by atoms with Gasteiger partial charge in [-0.25, -0.2) is 21.6 Å². The van der Waals surface area contributed by atoms with Crippen molar-refractivity contribution in [3.8, 4) is 56.2 Å². The summed E-state index contributed by atoms with van der Waals surface area (Å²) < 4.78 is 61.9. The number of benzene rings is 6. The molecule has 0 saturated carbocycles. The minimum absolute atomic E-state index is 0. The fraction of sp³-hybridized carbons (Fsp3) is 0.316. The summed E-state index contributed by atoms with van der Waals surface area (Å²) in [7, 11) is -8.15. The molecule has 104 heavy (non-hydrogen) atoms. The molecule has 0 aliphatic carbocycles. The van der Waals surface area contributed by atoms with Gasteiger partial charge < -0.3 is 44.3 Å². The number of nitrogens with zero attached hydrogens (tertiary/aromatic N) is 8. The van der Waals surface area contributed by atoms with Gasteiger partial charge in [0.05, 0.1) is 56.3 Å². The van der Waals surface area contributed by atoms with Gasteiger partial charge in [0.1, 0.15) is 5.60 Å². The summed E-state index contributed by atoms with van der Waals surface area (Å²) in [5, 5.41) is 46.0. The summed E-state index contributed by atoms with van der Waals surface area (Å²) in [6.45, 7) is 38.3. The Kier molecular flexibility index (Phi) is 36.8. The maximum Gasteiger partial charge on any atom is 2.00 e. The number of ether oxygens (including phenoxy) is 1. The van der Waals surface area contributed by atoms with E-state index in [1.54, 1.807) is 45.0 Å². The molecule has 4 aromatic heterocycles. The molecule has 0 amide bonds. The van der Waals surface area contributed by atoms with E-state index < -0.39 is 32.4 Å². The molecule has 0 spiro atoms. The van der Waals surface area contributed by atoms with Crippen molar-refractivity contribution in [3.63, 3.8) is 0 Å². The van der Waals surface area contributed by atoms with Gasteiger partial charge in [0.25, 0.3) is 0 Å². The second-order valence-electron chi connectivity index (χ2n) is 26.9. The Hall–Kier alpha value is -6.36. The molecule has 0 fully saturated rings. The zero-order valence-electron chi connectivity index (χ0n) is 62.4. The number of carbonyl (C=O) groups is 1. The minimum atomic E-state index is -3.28. The molecule has 0 bridgehead atoms. The predicted molar refractivity (Wildman–Crippen MR) is 434 cm³/mol. The van der Waals surface area contributed by atoms with Gasteiger partial charge in [-0.2, -0.15) is 20.4 Å². The molecule has 0 radical (unpaired) electrons. The van der Waals surface area contributed by atoms with Crippen LogP contribution in [0.5, 0.6) is 0 Å². The summed E-state index contributed by atoms with van der Waals surface area (Å²) in [4.78, 5) is 12.3. The SMILES string of the molecule is C=C(C)c1cc(-c2ccc(-c3cccc(S(C)(=O)=O)c3)cc2)n(CC(C)C)n1.C=C(C)c1cc(-c2ccc(Br)cc2)n(CC(C)C)n1.CC(C)Cn1nc(C(C)(C)O)cc1-c1ccc(Br)cc1.CCOC(=O)c1cc(-c2ccc(Br)cc2)n(CC(C)C)n1.CS(=O)(=O)c1cccc(B(O)O)c1.[Br-].[CH3-].[Mg+2]. The van der Waals surface area contributed by atoms with Gasteiger partial charge in [-0.3, -0.25) is 18.7 Å². The van der Waals surface area contributed by atoms with Gasteiger partial charge in [0.15, 0.2) is 25.4 Å². The second kappa shape index (κ2) is 41.7. The van der Waals surface area contributed by atoms with Crippen LogP contribution in [-0.4, -0.2) is 126 Å². The van der Waals surface area contributed by atoms with E-state index in [0.717, 1.165) is 119 Å². The Morgan fingerprint density at radius 1 is 0.490 bits per heavy atom. The second-order valence-corrected chi connectivity index (χ2v) is 33.7. The summed E-state index contributed by atoms with van der Waals surface area (Å²) in [5.74, 6) is 1.60. The van der Waals surface area contributed by atoms with Crippen molar-refractivity contribution in [2.24, 2.45) is 23.7 Å². The summed E-state index contributed by atoms with van der Waals surface area (Å²) in [6, 6.07) is 53.2. The van der Waals surface area contributed by atoms with Crippen molar-refractivity contribution in [1.29, 1.82) is 0 Å².